The smallest absolute Gasteiger partial charge is 0.244 e. The maximum Gasteiger partial charge on any atom is 0.244 e. The second kappa shape index (κ2) is 9.04. The summed E-state index contributed by atoms with van der Waals surface area (Å²) in [5, 5.41) is 15.4. The highest BCUT2D eigenvalue weighted by molar-refractivity contribution is 5.76. The standard InChI is InChI=1S/C22H26N6O2/c1-16-3-5-19(6-4-16)22-24-26-28(25-22)15-21(29)23-17(2)18-7-9-20(10-8-18)27-11-13-30-14-12-27/h3-10,17H,11-15H2,1-2H3,(H,23,29). The Morgan fingerprint density at radius 1 is 1.10 bits per heavy atom. The molecule has 1 fully saturated rings. The predicted octanol–water partition coefficient (Wildman–Crippen LogP) is 2.36. The molecular weight excluding hydrogens is 380 g/mol. The Morgan fingerprint density at radius 2 is 1.80 bits per heavy atom. The first-order valence-corrected chi connectivity index (χ1v) is 10.2. The van der Waals surface area contributed by atoms with Crippen molar-refractivity contribution in [2.75, 3.05) is 31.2 Å². The monoisotopic (exact) mass is 406 g/mol. The van der Waals surface area contributed by atoms with Crippen molar-refractivity contribution in [3.8, 4) is 11.4 Å². The van der Waals surface area contributed by atoms with E-state index in [0.29, 0.717) is 5.82 Å². The molecule has 1 unspecified atom stereocenters. The molecule has 0 radical (unpaired) electrons. The normalized spacial score (nSPS) is 15.1. The van der Waals surface area contributed by atoms with Crippen molar-refractivity contribution in [2.24, 2.45) is 0 Å². The first kappa shape index (κ1) is 20.0. The molecule has 8 heteroatoms. The quantitative estimate of drug-likeness (QED) is 0.676. The van der Waals surface area contributed by atoms with Crippen LogP contribution in [0, 0.1) is 6.92 Å². The number of aryl methyl sites for hydroxylation is 1. The average molecular weight is 406 g/mol. The molecule has 1 amide bonds. The molecule has 0 saturated carbocycles. The van der Waals surface area contributed by atoms with Crippen LogP contribution in [0.1, 0.15) is 24.1 Å². The van der Waals surface area contributed by atoms with Gasteiger partial charge in [-0.05, 0) is 36.8 Å². The zero-order valence-corrected chi connectivity index (χ0v) is 17.3. The maximum atomic E-state index is 12.4. The van der Waals surface area contributed by atoms with E-state index in [1.165, 1.54) is 10.5 Å². The number of benzene rings is 2. The van der Waals surface area contributed by atoms with Gasteiger partial charge in [-0.2, -0.15) is 4.80 Å². The highest BCUT2D eigenvalue weighted by Gasteiger charge is 2.15. The van der Waals surface area contributed by atoms with Crippen molar-refractivity contribution >= 4 is 11.6 Å². The van der Waals surface area contributed by atoms with Crippen LogP contribution in [0.5, 0.6) is 0 Å². The van der Waals surface area contributed by atoms with E-state index in [4.69, 9.17) is 4.74 Å². The lowest BCUT2D eigenvalue weighted by Crippen LogP contribution is -2.36. The van der Waals surface area contributed by atoms with E-state index >= 15 is 0 Å². The van der Waals surface area contributed by atoms with Gasteiger partial charge >= 0.3 is 0 Å². The van der Waals surface area contributed by atoms with Gasteiger partial charge in [-0.3, -0.25) is 4.79 Å². The molecular formula is C22H26N6O2. The van der Waals surface area contributed by atoms with Gasteiger partial charge < -0.3 is 15.0 Å². The molecule has 8 nitrogen and oxygen atoms in total. The summed E-state index contributed by atoms with van der Waals surface area (Å²) < 4.78 is 5.40. The Kier molecular flexibility index (Phi) is 6.04. The lowest BCUT2D eigenvalue weighted by atomic mass is 10.1. The van der Waals surface area contributed by atoms with Gasteiger partial charge in [0.25, 0.3) is 0 Å². The zero-order chi connectivity index (χ0) is 20.9. The number of carbonyl (C=O) groups excluding carboxylic acids is 1. The molecule has 30 heavy (non-hydrogen) atoms. The van der Waals surface area contributed by atoms with Gasteiger partial charge in [0.2, 0.25) is 11.7 Å². The first-order chi connectivity index (χ1) is 14.6. The number of amides is 1. The largest absolute Gasteiger partial charge is 0.378 e. The van der Waals surface area contributed by atoms with Gasteiger partial charge in [-0.25, -0.2) is 0 Å². The molecule has 1 N–H and O–H groups in total. The summed E-state index contributed by atoms with van der Waals surface area (Å²) in [6.45, 7) is 7.34. The maximum absolute atomic E-state index is 12.4. The fourth-order valence-electron chi connectivity index (χ4n) is 3.42. The predicted molar refractivity (Wildman–Crippen MR) is 114 cm³/mol. The minimum Gasteiger partial charge on any atom is -0.378 e. The van der Waals surface area contributed by atoms with Crippen molar-refractivity contribution in [3.63, 3.8) is 0 Å². The summed E-state index contributed by atoms with van der Waals surface area (Å²) in [6, 6.07) is 16.1. The second-order valence-corrected chi connectivity index (χ2v) is 7.49. The summed E-state index contributed by atoms with van der Waals surface area (Å²) in [5.74, 6) is 0.349. The Morgan fingerprint density at radius 3 is 2.50 bits per heavy atom. The number of morpholine rings is 1. The third kappa shape index (κ3) is 4.83. The summed E-state index contributed by atoms with van der Waals surface area (Å²) in [4.78, 5) is 16.1. The number of carbonyl (C=O) groups is 1. The number of hydrogen-bond donors (Lipinski definition) is 1. The van der Waals surface area contributed by atoms with Crippen molar-refractivity contribution in [1.82, 2.24) is 25.5 Å². The summed E-state index contributed by atoms with van der Waals surface area (Å²) in [7, 11) is 0. The van der Waals surface area contributed by atoms with Crippen LogP contribution in [0.3, 0.4) is 0 Å². The van der Waals surface area contributed by atoms with E-state index in [9.17, 15) is 4.79 Å². The minimum atomic E-state index is -0.160. The number of nitrogens with zero attached hydrogens (tertiary/aromatic N) is 5. The number of rotatable bonds is 6. The van der Waals surface area contributed by atoms with Crippen molar-refractivity contribution in [3.05, 3.63) is 59.7 Å². The van der Waals surface area contributed by atoms with Crippen LogP contribution in [0.25, 0.3) is 11.4 Å². The molecule has 2 heterocycles. The van der Waals surface area contributed by atoms with Gasteiger partial charge in [0.15, 0.2) is 0 Å². The molecule has 1 atom stereocenters. The van der Waals surface area contributed by atoms with Crippen molar-refractivity contribution < 1.29 is 9.53 Å². The second-order valence-electron chi connectivity index (χ2n) is 7.49. The van der Waals surface area contributed by atoms with E-state index in [1.54, 1.807) is 0 Å². The number of ether oxygens (including phenoxy) is 1. The van der Waals surface area contributed by atoms with Crippen LogP contribution in [-0.4, -0.2) is 52.4 Å². The third-order valence-electron chi connectivity index (χ3n) is 5.19. The van der Waals surface area contributed by atoms with Crippen molar-refractivity contribution in [1.29, 1.82) is 0 Å². The van der Waals surface area contributed by atoms with Gasteiger partial charge in [-0.15, -0.1) is 10.2 Å². The number of nitrogens with one attached hydrogen (secondary N) is 1. The van der Waals surface area contributed by atoms with E-state index in [1.807, 2.05) is 38.1 Å². The summed E-state index contributed by atoms with van der Waals surface area (Å²) in [5.41, 5.74) is 4.27. The highest BCUT2D eigenvalue weighted by Crippen LogP contribution is 2.20. The number of tetrazole rings is 1. The summed E-state index contributed by atoms with van der Waals surface area (Å²) >= 11 is 0. The number of hydrogen-bond acceptors (Lipinski definition) is 6. The molecule has 0 aliphatic carbocycles. The van der Waals surface area contributed by atoms with Crippen LogP contribution in [0.15, 0.2) is 48.5 Å². The lowest BCUT2D eigenvalue weighted by molar-refractivity contribution is -0.122. The van der Waals surface area contributed by atoms with Gasteiger partial charge in [0.1, 0.15) is 6.54 Å². The molecule has 1 aliphatic rings. The third-order valence-corrected chi connectivity index (χ3v) is 5.19. The van der Waals surface area contributed by atoms with Crippen LogP contribution in [-0.2, 0) is 16.1 Å². The van der Waals surface area contributed by atoms with E-state index in [-0.39, 0.29) is 18.5 Å². The zero-order valence-electron chi connectivity index (χ0n) is 17.3. The minimum absolute atomic E-state index is 0.0229. The molecule has 156 valence electrons. The fraction of sp³-hybridized carbons (Fsp3) is 0.364. The van der Waals surface area contributed by atoms with Crippen molar-refractivity contribution in [2.45, 2.75) is 26.4 Å². The Hall–Kier alpha value is -3.26. The Labute approximate surface area is 175 Å². The molecule has 3 aromatic rings. The fourth-order valence-corrected chi connectivity index (χ4v) is 3.42. The molecule has 0 bridgehead atoms. The Balaban J connectivity index is 1.33. The highest BCUT2D eigenvalue weighted by atomic mass is 16.5. The van der Waals surface area contributed by atoms with E-state index < -0.39 is 0 Å². The SMILES string of the molecule is Cc1ccc(-c2nnn(CC(=O)NC(C)c3ccc(N4CCOCC4)cc3)n2)cc1. The molecule has 4 rings (SSSR count). The van der Waals surface area contributed by atoms with Crippen LogP contribution >= 0.6 is 0 Å². The van der Waals surface area contributed by atoms with Gasteiger partial charge in [-0.1, -0.05) is 42.0 Å². The lowest BCUT2D eigenvalue weighted by Gasteiger charge is -2.29. The van der Waals surface area contributed by atoms with Crippen LogP contribution in [0.2, 0.25) is 0 Å². The average Bonchev–Trinajstić information content (AvgIpc) is 3.23. The summed E-state index contributed by atoms with van der Waals surface area (Å²) in [6.07, 6.45) is 0. The molecule has 1 aliphatic heterocycles. The van der Waals surface area contributed by atoms with Gasteiger partial charge in [0, 0.05) is 24.3 Å². The first-order valence-electron chi connectivity index (χ1n) is 10.2. The van der Waals surface area contributed by atoms with Crippen LogP contribution in [0.4, 0.5) is 5.69 Å². The molecule has 2 aromatic carbocycles. The number of aromatic nitrogens is 4. The molecule has 1 aromatic heterocycles. The molecule has 1 saturated heterocycles. The van der Waals surface area contributed by atoms with Crippen LogP contribution < -0.4 is 10.2 Å². The Bertz CT molecular complexity index is 978. The number of anilines is 1. The topological polar surface area (TPSA) is 85.2 Å². The molecule has 0 spiro atoms. The van der Waals surface area contributed by atoms with Gasteiger partial charge in [0.05, 0.1) is 19.3 Å². The van der Waals surface area contributed by atoms with E-state index in [0.717, 1.165) is 43.0 Å². The van der Waals surface area contributed by atoms with E-state index in [2.05, 4.69) is 49.9 Å².